The first-order valence-electron chi connectivity index (χ1n) is 17.0. The van der Waals surface area contributed by atoms with E-state index in [0.29, 0.717) is 10.9 Å². The monoisotopic (exact) mass is 766 g/mol. The van der Waals surface area contributed by atoms with E-state index in [2.05, 4.69) is 35.2 Å². The highest BCUT2D eigenvalue weighted by Gasteiger charge is 2.20. The van der Waals surface area contributed by atoms with Gasteiger partial charge in [-0.2, -0.15) is 8.78 Å². The second-order valence-corrected chi connectivity index (χ2v) is 13.9. The molecule has 0 atom stereocenters. The molecule has 6 heterocycles. The lowest BCUT2D eigenvalue weighted by atomic mass is 10.0. The number of aromatic nitrogens is 6. The Morgan fingerprint density at radius 2 is 1.13 bits per heavy atom. The summed E-state index contributed by atoms with van der Waals surface area (Å²) in [6.07, 6.45) is 2.91. The highest BCUT2D eigenvalue weighted by atomic mass is 32.1. The number of benzene rings is 2. The van der Waals surface area contributed by atoms with Gasteiger partial charge >= 0.3 is 0 Å². The maximum atomic E-state index is 13.3. The molecule has 13 heteroatoms. The molecule has 2 aromatic carbocycles. The van der Waals surface area contributed by atoms with Crippen LogP contribution < -0.4 is 10.2 Å². The number of carbonyl (C=O) groups excluding carboxylic acids is 1. The zero-order valence-corrected chi connectivity index (χ0v) is 31.4. The molecule has 272 valence electrons. The van der Waals surface area contributed by atoms with Crippen LogP contribution in [0.4, 0.5) is 30.7 Å². The first kappa shape index (κ1) is 36.8. The Morgan fingerprint density at radius 1 is 0.600 bits per heavy atom. The van der Waals surface area contributed by atoms with Crippen molar-refractivity contribution in [2.45, 2.75) is 20.8 Å². The zero-order chi connectivity index (χ0) is 38.3. The van der Waals surface area contributed by atoms with E-state index in [-0.39, 0.29) is 5.91 Å². The van der Waals surface area contributed by atoms with Crippen molar-refractivity contribution in [3.63, 3.8) is 0 Å². The van der Waals surface area contributed by atoms with Crippen LogP contribution in [0.3, 0.4) is 0 Å². The fourth-order valence-corrected chi connectivity index (χ4v) is 7.17. The molecule has 0 spiro atoms. The standard InChI is InChI=1S/C22H17FN4OS.C20H15FN4S/c1-14-4-3-5-21(25-14)27(15(2)28)22-26-19(13-29-22)17-8-6-16(7-9-17)18-10-11-24-20(23)12-18;1-13-3-2-4-19(23-13)25-20-24-17(12-26-20)15-7-5-14(6-8-15)16-9-10-22-18(21)11-16/h3-13H,1-2H3;2-12H,1H3,(H,23,24,25). The van der Waals surface area contributed by atoms with Crippen LogP contribution in [0, 0.1) is 25.7 Å². The minimum atomic E-state index is -0.509. The van der Waals surface area contributed by atoms with Gasteiger partial charge in [0.25, 0.3) is 0 Å². The van der Waals surface area contributed by atoms with Gasteiger partial charge in [-0.05, 0) is 72.5 Å². The summed E-state index contributed by atoms with van der Waals surface area (Å²) in [4.78, 5) is 39.0. The summed E-state index contributed by atoms with van der Waals surface area (Å²) in [5.74, 6) is 0.185. The first-order chi connectivity index (χ1) is 26.7. The van der Waals surface area contributed by atoms with Crippen molar-refractivity contribution in [2.75, 3.05) is 10.2 Å². The van der Waals surface area contributed by atoms with Crippen molar-refractivity contribution >= 4 is 50.5 Å². The lowest BCUT2D eigenvalue weighted by Gasteiger charge is -2.17. The van der Waals surface area contributed by atoms with Gasteiger partial charge in [-0.1, -0.05) is 60.7 Å². The van der Waals surface area contributed by atoms with Gasteiger partial charge in [-0.3, -0.25) is 4.79 Å². The number of anilines is 4. The molecule has 0 saturated carbocycles. The third kappa shape index (κ3) is 9.15. The van der Waals surface area contributed by atoms with Crippen LogP contribution in [0.2, 0.25) is 0 Å². The van der Waals surface area contributed by atoms with Crippen molar-refractivity contribution in [3.05, 3.63) is 156 Å². The number of nitrogens with zero attached hydrogens (tertiary/aromatic N) is 7. The number of pyridine rings is 4. The molecule has 0 saturated heterocycles. The number of rotatable bonds is 8. The normalized spacial score (nSPS) is 10.7. The fraction of sp³-hybridized carbons (Fsp3) is 0.0714. The highest BCUT2D eigenvalue weighted by molar-refractivity contribution is 7.14. The average molecular weight is 767 g/mol. The van der Waals surface area contributed by atoms with E-state index in [1.807, 2.05) is 103 Å². The van der Waals surface area contributed by atoms with Gasteiger partial charge < -0.3 is 5.32 Å². The van der Waals surface area contributed by atoms with E-state index in [0.717, 1.165) is 67.1 Å². The number of aryl methyl sites for hydroxylation is 2. The molecule has 0 aliphatic rings. The van der Waals surface area contributed by atoms with Gasteiger partial charge in [0.05, 0.1) is 11.4 Å². The van der Waals surface area contributed by atoms with E-state index in [9.17, 15) is 13.6 Å². The molecule has 0 aliphatic heterocycles. The molecule has 9 nitrogen and oxygen atoms in total. The lowest BCUT2D eigenvalue weighted by Crippen LogP contribution is -2.23. The smallest absolute Gasteiger partial charge is 0.231 e. The third-order valence-electron chi connectivity index (χ3n) is 8.21. The van der Waals surface area contributed by atoms with Gasteiger partial charge in [-0.15, -0.1) is 22.7 Å². The van der Waals surface area contributed by atoms with Gasteiger partial charge in [0.15, 0.2) is 10.3 Å². The zero-order valence-electron chi connectivity index (χ0n) is 29.8. The van der Waals surface area contributed by atoms with Crippen LogP contribution in [0.5, 0.6) is 0 Å². The van der Waals surface area contributed by atoms with Crippen LogP contribution in [-0.4, -0.2) is 35.8 Å². The number of nitrogens with one attached hydrogen (secondary N) is 1. The molecule has 0 unspecified atom stereocenters. The average Bonchev–Trinajstić information content (AvgIpc) is 3.86. The van der Waals surface area contributed by atoms with E-state index >= 15 is 0 Å². The summed E-state index contributed by atoms with van der Waals surface area (Å²) in [6.45, 7) is 5.33. The Kier molecular flexibility index (Phi) is 11.1. The number of thiazole rings is 2. The fourth-order valence-electron chi connectivity index (χ4n) is 5.56. The maximum Gasteiger partial charge on any atom is 0.231 e. The van der Waals surface area contributed by atoms with E-state index in [1.54, 1.807) is 18.2 Å². The Labute approximate surface area is 324 Å². The van der Waals surface area contributed by atoms with Crippen molar-refractivity contribution < 1.29 is 13.6 Å². The minimum absolute atomic E-state index is 0.154. The van der Waals surface area contributed by atoms with Gasteiger partial charge in [0, 0.05) is 64.7 Å². The molecule has 1 N–H and O–H groups in total. The largest absolute Gasteiger partial charge is 0.316 e. The summed E-state index contributed by atoms with van der Waals surface area (Å²) < 4.78 is 26.6. The van der Waals surface area contributed by atoms with Gasteiger partial charge in [0.1, 0.15) is 11.6 Å². The Balaban J connectivity index is 0.000000170. The number of halogens is 2. The molecule has 0 radical (unpaired) electrons. The second-order valence-electron chi connectivity index (χ2n) is 12.2. The predicted octanol–water partition coefficient (Wildman–Crippen LogP) is 10.9. The van der Waals surface area contributed by atoms with Crippen LogP contribution >= 0.6 is 22.7 Å². The molecule has 0 fully saturated rings. The van der Waals surface area contributed by atoms with Crippen molar-refractivity contribution in [1.82, 2.24) is 29.9 Å². The van der Waals surface area contributed by atoms with Crippen molar-refractivity contribution in [3.8, 4) is 44.8 Å². The van der Waals surface area contributed by atoms with Gasteiger partial charge in [-0.25, -0.2) is 34.8 Å². The van der Waals surface area contributed by atoms with Crippen LogP contribution in [-0.2, 0) is 4.79 Å². The Morgan fingerprint density at radius 3 is 1.67 bits per heavy atom. The SMILES string of the molecule is CC(=O)N(c1cccc(C)n1)c1nc(-c2ccc(-c3ccnc(F)c3)cc2)cs1.Cc1cccc(Nc2nc(-c3ccc(-c4ccnc(F)c4)cc3)cs2)n1. The van der Waals surface area contributed by atoms with Crippen LogP contribution in [0.1, 0.15) is 18.3 Å². The molecule has 8 aromatic rings. The molecule has 6 aromatic heterocycles. The summed E-state index contributed by atoms with van der Waals surface area (Å²) in [5.41, 5.74) is 8.73. The molecular formula is C42H32F2N8OS2. The number of carbonyl (C=O) groups is 1. The molecule has 0 aliphatic carbocycles. The second kappa shape index (κ2) is 16.6. The number of hydrogen-bond acceptors (Lipinski definition) is 10. The molecule has 55 heavy (non-hydrogen) atoms. The molecule has 0 bridgehead atoms. The van der Waals surface area contributed by atoms with Crippen molar-refractivity contribution in [1.29, 1.82) is 0 Å². The summed E-state index contributed by atoms with van der Waals surface area (Å²) >= 11 is 2.91. The minimum Gasteiger partial charge on any atom is -0.316 e. The van der Waals surface area contributed by atoms with E-state index < -0.39 is 11.9 Å². The summed E-state index contributed by atoms with van der Waals surface area (Å²) in [7, 11) is 0. The highest BCUT2D eigenvalue weighted by Crippen LogP contribution is 2.33. The topological polar surface area (TPSA) is 110 Å². The molecular weight excluding hydrogens is 735 g/mol. The van der Waals surface area contributed by atoms with Crippen LogP contribution in [0.25, 0.3) is 44.8 Å². The van der Waals surface area contributed by atoms with Crippen LogP contribution in [0.15, 0.2) is 132 Å². The molecule has 1 amide bonds. The summed E-state index contributed by atoms with van der Waals surface area (Å²) in [5, 5.41) is 8.48. The quantitative estimate of drug-likeness (QED) is 0.152. The Hall–Kier alpha value is -6.57. The van der Waals surface area contributed by atoms with Crippen molar-refractivity contribution in [2.24, 2.45) is 0 Å². The Bertz CT molecular complexity index is 2570. The third-order valence-corrected chi connectivity index (χ3v) is 9.79. The first-order valence-corrected chi connectivity index (χ1v) is 18.8. The lowest BCUT2D eigenvalue weighted by molar-refractivity contribution is -0.115. The van der Waals surface area contributed by atoms with E-state index in [4.69, 9.17) is 0 Å². The molecule has 8 rings (SSSR count). The predicted molar refractivity (Wildman–Crippen MR) is 216 cm³/mol. The summed E-state index contributed by atoms with van der Waals surface area (Å²) in [6, 6.07) is 33.3. The number of hydrogen-bond donors (Lipinski definition) is 1. The maximum absolute atomic E-state index is 13.3. The van der Waals surface area contributed by atoms with Gasteiger partial charge in [0.2, 0.25) is 17.8 Å². The van der Waals surface area contributed by atoms with E-state index in [1.165, 1.54) is 59.0 Å². The number of amides is 1.